The molecule has 5 nitrogen and oxygen atoms in total. The van der Waals surface area contributed by atoms with Crippen molar-refractivity contribution in [2.24, 2.45) is 0 Å². The van der Waals surface area contributed by atoms with Crippen molar-refractivity contribution in [2.45, 2.75) is 30.9 Å². The van der Waals surface area contributed by atoms with Crippen LogP contribution >= 0.6 is 11.3 Å². The summed E-state index contributed by atoms with van der Waals surface area (Å²) in [7, 11) is -3.34. The van der Waals surface area contributed by atoms with E-state index in [0.717, 1.165) is 15.8 Å². The first-order valence-corrected chi connectivity index (χ1v) is 10.2. The van der Waals surface area contributed by atoms with Crippen LogP contribution < -0.4 is 5.32 Å². The maximum Gasteiger partial charge on any atom is 0.257 e. The summed E-state index contributed by atoms with van der Waals surface area (Å²) >= 11 is 1.41. The number of hydrogen-bond donors (Lipinski definition) is 1. The Labute approximate surface area is 150 Å². The molecule has 1 N–H and O–H groups in total. The van der Waals surface area contributed by atoms with Crippen LogP contribution in [0.1, 0.15) is 29.8 Å². The van der Waals surface area contributed by atoms with Gasteiger partial charge in [-0.25, -0.2) is 13.4 Å². The maximum absolute atomic E-state index is 12.4. The van der Waals surface area contributed by atoms with Crippen LogP contribution in [0.2, 0.25) is 0 Å². The van der Waals surface area contributed by atoms with Crippen molar-refractivity contribution in [3.05, 3.63) is 53.6 Å². The number of nitrogens with zero attached hydrogens (tertiary/aromatic N) is 1. The zero-order valence-corrected chi connectivity index (χ0v) is 15.7. The van der Waals surface area contributed by atoms with Crippen molar-refractivity contribution in [3.63, 3.8) is 0 Å². The first kappa shape index (κ1) is 17.6. The van der Waals surface area contributed by atoms with E-state index < -0.39 is 15.1 Å². The average molecular weight is 374 g/mol. The quantitative estimate of drug-likeness (QED) is 0.748. The fourth-order valence-corrected chi connectivity index (χ4v) is 4.34. The van der Waals surface area contributed by atoms with Crippen LogP contribution in [0.15, 0.2) is 47.4 Å². The van der Waals surface area contributed by atoms with Gasteiger partial charge in [0.2, 0.25) is 0 Å². The van der Waals surface area contributed by atoms with E-state index in [0.29, 0.717) is 10.7 Å². The van der Waals surface area contributed by atoms with Crippen LogP contribution in [0.3, 0.4) is 0 Å². The Kier molecular flexibility index (Phi) is 4.62. The molecule has 7 heteroatoms. The number of thiazole rings is 1. The molecule has 0 aliphatic rings. The summed E-state index contributed by atoms with van der Waals surface area (Å²) in [5, 5.41) is 2.78. The number of anilines is 1. The van der Waals surface area contributed by atoms with Crippen molar-refractivity contribution >= 4 is 42.4 Å². The minimum Gasteiger partial charge on any atom is -0.298 e. The summed E-state index contributed by atoms with van der Waals surface area (Å²) in [5.41, 5.74) is 2.36. The summed E-state index contributed by atoms with van der Waals surface area (Å²) in [5.74, 6) is -0.315. The number of fused-ring (bicyclic) bond motifs is 1. The Bertz CT molecular complexity index is 1040. The molecule has 1 amide bonds. The Morgan fingerprint density at radius 3 is 2.44 bits per heavy atom. The predicted molar refractivity (Wildman–Crippen MR) is 101 cm³/mol. The van der Waals surface area contributed by atoms with E-state index in [9.17, 15) is 13.2 Å². The molecule has 130 valence electrons. The van der Waals surface area contributed by atoms with Gasteiger partial charge in [-0.2, -0.15) is 0 Å². The first-order valence-electron chi connectivity index (χ1n) is 7.80. The Morgan fingerprint density at radius 1 is 1.12 bits per heavy atom. The van der Waals surface area contributed by atoms with Gasteiger partial charge < -0.3 is 0 Å². The lowest BCUT2D eigenvalue weighted by molar-refractivity contribution is 0.102. The molecule has 0 spiro atoms. The number of hydrogen-bond acceptors (Lipinski definition) is 5. The molecule has 0 unspecified atom stereocenters. The highest BCUT2D eigenvalue weighted by molar-refractivity contribution is 7.92. The number of aromatic nitrogens is 1. The number of carbonyl (C=O) groups excluding carboxylic acids is 1. The van der Waals surface area contributed by atoms with E-state index in [1.165, 1.54) is 35.6 Å². The summed E-state index contributed by atoms with van der Waals surface area (Å²) in [4.78, 5) is 17.0. The molecule has 1 aromatic heterocycles. The van der Waals surface area contributed by atoms with E-state index in [2.05, 4.69) is 10.3 Å². The van der Waals surface area contributed by atoms with Crippen molar-refractivity contribution in [2.75, 3.05) is 5.32 Å². The summed E-state index contributed by atoms with van der Waals surface area (Å²) in [6.45, 7) is 5.26. The van der Waals surface area contributed by atoms with Crippen molar-refractivity contribution < 1.29 is 13.2 Å². The van der Waals surface area contributed by atoms with Gasteiger partial charge in [-0.15, -0.1) is 0 Å². The van der Waals surface area contributed by atoms with E-state index in [4.69, 9.17) is 0 Å². The monoisotopic (exact) mass is 374 g/mol. The average Bonchev–Trinajstić information content (AvgIpc) is 2.96. The molecular weight excluding hydrogens is 356 g/mol. The summed E-state index contributed by atoms with van der Waals surface area (Å²) < 4.78 is 25.3. The van der Waals surface area contributed by atoms with E-state index in [1.54, 1.807) is 13.8 Å². The zero-order chi connectivity index (χ0) is 18.2. The highest BCUT2D eigenvalue weighted by atomic mass is 32.2. The molecule has 3 aromatic rings. The van der Waals surface area contributed by atoms with Crippen LogP contribution in [-0.2, 0) is 9.84 Å². The third kappa shape index (κ3) is 3.57. The molecule has 25 heavy (non-hydrogen) atoms. The molecular formula is C18H18N2O3S2. The number of carbonyl (C=O) groups is 1. The Balaban J connectivity index is 1.81. The number of nitrogens with one attached hydrogen (secondary N) is 1. The molecule has 0 radical (unpaired) electrons. The second kappa shape index (κ2) is 6.57. The lowest BCUT2D eigenvalue weighted by Gasteiger charge is -2.08. The highest BCUT2D eigenvalue weighted by Gasteiger charge is 2.19. The van der Waals surface area contributed by atoms with Gasteiger partial charge in [-0.1, -0.05) is 17.4 Å². The van der Waals surface area contributed by atoms with Crippen LogP contribution in [0.5, 0.6) is 0 Å². The fourth-order valence-electron chi connectivity index (χ4n) is 2.32. The van der Waals surface area contributed by atoms with Gasteiger partial charge >= 0.3 is 0 Å². The normalized spacial score (nSPS) is 11.8. The van der Waals surface area contributed by atoms with E-state index in [1.807, 2.05) is 25.1 Å². The summed E-state index contributed by atoms with van der Waals surface area (Å²) in [6.07, 6.45) is 0. The molecule has 3 rings (SSSR count). The molecule has 0 saturated heterocycles. The van der Waals surface area contributed by atoms with Crippen LogP contribution in [0, 0.1) is 6.92 Å². The third-order valence-electron chi connectivity index (χ3n) is 3.83. The van der Waals surface area contributed by atoms with Crippen LogP contribution in [0.4, 0.5) is 5.13 Å². The topological polar surface area (TPSA) is 76.1 Å². The van der Waals surface area contributed by atoms with Crippen LogP contribution in [-0.4, -0.2) is 24.6 Å². The van der Waals surface area contributed by atoms with Crippen LogP contribution in [0.25, 0.3) is 10.2 Å². The van der Waals surface area contributed by atoms with Crippen molar-refractivity contribution in [3.8, 4) is 0 Å². The van der Waals surface area contributed by atoms with Gasteiger partial charge in [-0.3, -0.25) is 10.1 Å². The molecule has 0 aliphatic carbocycles. The van der Waals surface area contributed by atoms with Crippen molar-refractivity contribution in [1.29, 1.82) is 0 Å². The van der Waals surface area contributed by atoms with Gasteiger partial charge in [0, 0.05) is 5.56 Å². The maximum atomic E-state index is 12.4. The number of aryl methyl sites for hydroxylation is 1. The first-order chi connectivity index (χ1) is 11.8. The number of benzene rings is 2. The molecule has 0 saturated carbocycles. The Morgan fingerprint density at radius 2 is 1.80 bits per heavy atom. The molecule has 0 atom stereocenters. The lowest BCUT2D eigenvalue weighted by atomic mass is 10.2. The number of amides is 1. The minimum atomic E-state index is -3.34. The SMILES string of the molecule is Cc1ccc2nc(NC(=O)c3ccc(S(=O)(=O)C(C)C)cc3)sc2c1. The van der Waals surface area contributed by atoms with Gasteiger partial charge in [0.25, 0.3) is 5.91 Å². The van der Waals surface area contributed by atoms with Gasteiger partial charge in [0.05, 0.1) is 20.4 Å². The fraction of sp³-hybridized carbons (Fsp3) is 0.222. The molecule has 1 heterocycles. The third-order valence-corrected chi connectivity index (χ3v) is 6.93. The summed E-state index contributed by atoms with van der Waals surface area (Å²) in [6, 6.07) is 11.9. The largest absolute Gasteiger partial charge is 0.298 e. The molecule has 0 fully saturated rings. The zero-order valence-electron chi connectivity index (χ0n) is 14.1. The van der Waals surface area contributed by atoms with E-state index in [-0.39, 0.29) is 10.8 Å². The number of sulfone groups is 1. The van der Waals surface area contributed by atoms with Gasteiger partial charge in [0.15, 0.2) is 15.0 Å². The highest BCUT2D eigenvalue weighted by Crippen LogP contribution is 2.27. The predicted octanol–water partition coefficient (Wildman–Crippen LogP) is 4.04. The van der Waals surface area contributed by atoms with Crippen molar-refractivity contribution in [1.82, 2.24) is 4.98 Å². The number of rotatable bonds is 4. The molecule has 0 bridgehead atoms. The second-order valence-corrected chi connectivity index (χ2v) is 9.60. The van der Waals surface area contributed by atoms with Gasteiger partial charge in [-0.05, 0) is 62.7 Å². The standard InChI is InChI=1S/C18H18N2O3S2/c1-11(2)25(22,23)14-7-5-13(6-8-14)17(21)20-18-19-15-9-4-12(3)10-16(15)24-18/h4-11H,1-3H3,(H,19,20,21). The minimum absolute atomic E-state index is 0.217. The van der Waals surface area contributed by atoms with Gasteiger partial charge in [0.1, 0.15) is 0 Å². The molecule has 2 aromatic carbocycles. The Hall–Kier alpha value is -2.25. The second-order valence-electron chi connectivity index (χ2n) is 6.06. The smallest absolute Gasteiger partial charge is 0.257 e. The van der Waals surface area contributed by atoms with E-state index >= 15 is 0 Å². The molecule has 0 aliphatic heterocycles. The lowest BCUT2D eigenvalue weighted by Crippen LogP contribution is -2.15.